The average Bonchev–Trinajstić information content (AvgIpc) is 2.57. The number of urea groups is 1. The van der Waals surface area contributed by atoms with Crippen LogP contribution in [0.25, 0.3) is 0 Å². The topological polar surface area (TPSA) is 76.0 Å². The molecule has 0 spiro atoms. The second-order valence-electron chi connectivity index (χ2n) is 5.77. The van der Waals surface area contributed by atoms with E-state index < -0.39 is 0 Å². The van der Waals surface area contributed by atoms with E-state index in [0.29, 0.717) is 23.8 Å². The highest BCUT2D eigenvalue weighted by atomic mass is 35.5. The quantitative estimate of drug-likeness (QED) is 0.893. The van der Waals surface area contributed by atoms with Gasteiger partial charge in [-0.3, -0.25) is 4.79 Å². The normalized spacial score (nSPS) is 13.2. The van der Waals surface area contributed by atoms with Gasteiger partial charge in [-0.2, -0.15) is 5.10 Å². The molecule has 7 heteroatoms. The molecule has 0 unspecified atom stereocenters. The second-order valence-corrected chi connectivity index (χ2v) is 6.21. The van der Waals surface area contributed by atoms with Gasteiger partial charge in [-0.1, -0.05) is 11.6 Å². The number of hydrogen-bond acceptors (Lipinski definition) is 3. The van der Waals surface area contributed by atoms with E-state index in [0.717, 1.165) is 36.9 Å². The van der Waals surface area contributed by atoms with E-state index in [2.05, 4.69) is 15.7 Å². The maximum atomic E-state index is 12.0. The predicted octanol–water partition coefficient (Wildman–Crippen LogP) is 2.60. The Hall–Kier alpha value is -2.34. The van der Waals surface area contributed by atoms with E-state index in [1.807, 2.05) is 0 Å². The van der Waals surface area contributed by atoms with Crippen LogP contribution in [-0.4, -0.2) is 22.4 Å². The van der Waals surface area contributed by atoms with E-state index in [9.17, 15) is 9.59 Å². The molecule has 126 valence electrons. The summed E-state index contributed by atoms with van der Waals surface area (Å²) in [6.45, 7) is 0.672. The third-order valence-corrected chi connectivity index (χ3v) is 4.24. The lowest BCUT2D eigenvalue weighted by atomic mass is 9.97. The molecule has 0 fully saturated rings. The van der Waals surface area contributed by atoms with Crippen LogP contribution in [0.5, 0.6) is 0 Å². The molecule has 1 heterocycles. The van der Waals surface area contributed by atoms with Crippen molar-refractivity contribution in [2.45, 2.75) is 32.2 Å². The largest absolute Gasteiger partial charge is 0.336 e. The summed E-state index contributed by atoms with van der Waals surface area (Å²) in [6.07, 6.45) is 4.07. The smallest absolute Gasteiger partial charge is 0.319 e. The van der Waals surface area contributed by atoms with Crippen LogP contribution < -0.4 is 16.2 Å². The number of fused-ring (bicyclic) bond motifs is 1. The van der Waals surface area contributed by atoms with Crippen molar-refractivity contribution in [3.05, 3.63) is 57.0 Å². The number of nitrogens with zero attached hydrogens (tertiary/aromatic N) is 2. The van der Waals surface area contributed by atoms with Gasteiger partial charge in [0.1, 0.15) is 0 Å². The summed E-state index contributed by atoms with van der Waals surface area (Å²) >= 11 is 5.80. The van der Waals surface area contributed by atoms with Gasteiger partial charge in [0.2, 0.25) is 0 Å². The molecule has 2 aromatic rings. The third-order valence-electron chi connectivity index (χ3n) is 3.99. The summed E-state index contributed by atoms with van der Waals surface area (Å²) in [5, 5.41) is 10.5. The number of amides is 2. The van der Waals surface area contributed by atoms with Crippen LogP contribution in [0.1, 0.15) is 24.1 Å². The molecule has 0 atom stereocenters. The Morgan fingerprint density at radius 3 is 2.75 bits per heavy atom. The molecule has 1 aromatic heterocycles. The molecule has 2 N–H and O–H groups in total. The fourth-order valence-electron chi connectivity index (χ4n) is 2.75. The standard InChI is InChI=1S/C17H19ClN4O2/c18-13-5-7-14(8-6-13)20-17(24)19-9-10-22-16(23)11-12-3-1-2-4-15(12)21-22/h5-8,11H,1-4,9-10H2,(H2,19,20,24). The first-order chi connectivity index (χ1) is 11.6. The number of nitrogens with one attached hydrogen (secondary N) is 2. The van der Waals surface area contributed by atoms with Gasteiger partial charge in [0.25, 0.3) is 5.56 Å². The van der Waals surface area contributed by atoms with Crippen molar-refractivity contribution in [1.29, 1.82) is 0 Å². The Morgan fingerprint density at radius 1 is 1.21 bits per heavy atom. The Labute approximate surface area is 144 Å². The van der Waals surface area contributed by atoms with Gasteiger partial charge in [-0.25, -0.2) is 9.48 Å². The van der Waals surface area contributed by atoms with E-state index in [4.69, 9.17) is 11.6 Å². The summed E-state index contributed by atoms with van der Waals surface area (Å²) < 4.78 is 1.42. The first kappa shape index (κ1) is 16.5. The number of halogens is 1. The lowest BCUT2D eigenvalue weighted by Crippen LogP contribution is -2.35. The highest BCUT2D eigenvalue weighted by molar-refractivity contribution is 6.30. The maximum absolute atomic E-state index is 12.0. The van der Waals surface area contributed by atoms with Gasteiger partial charge in [-0.05, 0) is 55.5 Å². The lowest BCUT2D eigenvalue weighted by molar-refractivity contribution is 0.251. The number of aromatic nitrogens is 2. The highest BCUT2D eigenvalue weighted by Gasteiger charge is 2.13. The fraction of sp³-hybridized carbons (Fsp3) is 0.353. The number of aryl methyl sites for hydroxylation is 2. The molecular formula is C17H19ClN4O2. The summed E-state index contributed by atoms with van der Waals surface area (Å²) in [5.74, 6) is 0. The minimum absolute atomic E-state index is 0.115. The van der Waals surface area contributed by atoms with E-state index in [1.165, 1.54) is 4.68 Å². The number of anilines is 1. The SMILES string of the molecule is O=C(NCCn1nc2c(cc1=O)CCCC2)Nc1ccc(Cl)cc1. The fourth-order valence-corrected chi connectivity index (χ4v) is 2.87. The Bertz CT molecular complexity index is 786. The van der Waals surface area contributed by atoms with Gasteiger partial charge in [0, 0.05) is 23.3 Å². The Morgan fingerprint density at radius 2 is 1.96 bits per heavy atom. The summed E-state index contributed by atoms with van der Waals surface area (Å²) in [7, 11) is 0. The minimum Gasteiger partial charge on any atom is -0.336 e. The van der Waals surface area contributed by atoms with Crippen LogP contribution in [0.15, 0.2) is 35.1 Å². The van der Waals surface area contributed by atoms with Crippen LogP contribution in [0.3, 0.4) is 0 Å². The van der Waals surface area contributed by atoms with Crippen LogP contribution in [0.2, 0.25) is 5.02 Å². The van der Waals surface area contributed by atoms with Crippen LogP contribution >= 0.6 is 11.6 Å². The van der Waals surface area contributed by atoms with E-state index in [-0.39, 0.29) is 11.6 Å². The molecule has 0 radical (unpaired) electrons. The van der Waals surface area contributed by atoms with E-state index >= 15 is 0 Å². The molecule has 0 aliphatic heterocycles. The van der Waals surface area contributed by atoms with Gasteiger partial charge < -0.3 is 10.6 Å². The number of hydrogen-bond donors (Lipinski definition) is 2. The molecule has 1 aliphatic rings. The average molecular weight is 347 g/mol. The zero-order valence-electron chi connectivity index (χ0n) is 13.2. The predicted molar refractivity (Wildman–Crippen MR) is 93.6 cm³/mol. The zero-order chi connectivity index (χ0) is 16.9. The summed E-state index contributed by atoms with van der Waals surface area (Å²) in [4.78, 5) is 23.9. The first-order valence-electron chi connectivity index (χ1n) is 8.02. The Balaban J connectivity index is 1.53. The molecule has 0 saturated carbocycles. The van der Waals surface area contributed by atoms with Crippen molar-refractivity contribution in [2.24, 2.45) is 0 Å². The van der Waals surface area contributed by atoms with Crippen molar-refractivity contribution < 1.29 is 4.79 Å². The molecule has 2 amide bonds. The molecule has 1 aliphatic carbocycles. The highest BCUT2D eigenvalue weighted by Crippen LogP contribution is 2.16. The molecule has 3 rings (SSSR count). The lowest BCUT2D eigenvalue weighted by Gasteiger charge is -2.16. The van der Waals surface area contributed by atoms with Gasteiger partial charge >= 0.3 is 6.03 Å². The molecule has 6 nitrogen and oxygen atoms in total. The van der Waals surface area contributed by atoms with Crippen molar-refractivity contribution in [3.8, 4) is 0 Å². The molecule has 0 bridgehead atoms. The molecule has 0 saturated heterocycles. The number of carbonyl (C=O) groups is 1. The first-order valence-corrected chi connectivity index (χ1v) is 8.40. The Kier molecular flexibility index (Phi) is 5.15. The van der Waals surface area contributed by atoms with Crippen molar-refractivity contribution in [2.75, 3.05) is 11.9 Å². The van der Waals surface area contributed by atoms with Crippen molar-refractivity contribution >= 4 is 23.3 Å². The van der Waals surface area contributed by atoms with E-state index in [1.54, 1.807) is 30.3 Å². The molecule has 24 heavy (non-hydrogen) atoms. The zero-order valence-corrected chi connectivity index (χ0v) is 14.0. The molecule has 1 aromatic carbocycles. The monoisotopic (exact) mass is 346 g/mol. The third kappa shape index (κ3) is 4.14. The number of carbonyl (C=O) groups excluding carboxylic acids is 1. The summed E-state index contributed by atoms with van der Waals surface area (Å²) in [6, 6.07) is 8.19. The van der Waals surface area contributed by atoms with Crippen molar-refractivity contribution in [1.82, 2.24) is 15.1 Å². The number of rotatable bonds is 4. The summed E-state index contributed by atoms with van der Waals surface area (Å²) in [5.41, 5.74) is 2.61. The van der Waals surface area contributed by atoms with Crippen LogP contribution in [0, 0.1) is 0 Å². The second kappa shape index (κ2) is 7.49. The van der Waals surface area contributed by atoms with Crippen LogP contribution in [-0.2, 0) is 19.4 Å². The van der Waals surface area contributed by atoms with Crippen molar-refractivity contribution in [3.63, 3.8) is 0 Å². The molecular weight excluding hydrogens is 328 g/mol. The maximum Gasteiger partial charge on any atom is 0.319 e. The number of benzene rings is 1. The van der Waals surface area contributed by atoms with Gasteiger partial charge in [0.05, 0.1) is 12.2 Å². The van der Waals surface area contributed by atoms with Crippen LogP contribution in [0.4, 0.5) is 10.5 Å². The van der Waals surface area contributed by atoms with Gasteiger partial charge in [-0.15, -0.1) is 0 Å². The minimum atomic E-state index is -0.330. The van der Waals surface area contributed by atoms with Gasteiger partial charge in [0.15, 0.2) is 0 Å².